The van der Waals surface area contributed by atoms with Gasteiger partial charge in [0.05, 0.1) is 6.54 Å². The van der Waals surface area contributed by atoms with Gasteiger partial charge in [-0.3, -0.25) is 4.79 Å². The van der Waals surface area contributed by atoms with Crippen molar-refractivity contribution in [2.24, 2.45) is 0 Å². The van der Waals surface area contributed by atoms with Crippen LogP contribution in [-0.4, -0.2) is 12.3 Å². The zero-order chi connectivity index (χ0) is 14.5. The Hall–Kier alpha value is -2.09. The van der Waals surface area contributed by atoms with Crippen molar-refractivity contribution in [1.82, 2.24) is 0 Å². The molecule has 0 bridgehead atoms. The fourth-order valence-electron chi connectivity index (χ4n) is 2.26. The van der Waals surface area contributed by atoms with Crippen molar-refractivity contribution in [2.75, 3.05) is 11.9 Å². The first kappa shape index (κ1) is 14.3. The fourth-order valence-corrected chi connectivity index (χ4v) is 2.26. The van der Waals surface area contributed by atoms with E-state index in [4.69, 9.17) is 0 Å². The summed E-state index contributed by atoms with van der Waals surface area (Å²) in [5.74, 6) is 0.127. The van der Waals surface area contributed by atoms with Gasteiger partial charge in [0.25, 0.3) is 0 Å². The monoisotopic (exact) mass is 267 g/mol. The zero-order valence-corrected chi connectivity index (χ0v) is 12.4. The molecule has 0 aliphatic rings. The topological polar surface area (TPSA) is 29.1 Å². The van der Waals surface area contributed by atoms with E-state index >= 15 is 0 Å². The highest BCUT2D eigenvalue weighted by atomic mass is 16.1. The molecular formula is C18H21NO. The van der Waals surface area contributed by atoms with E-state index in [2.05, 4.69) is 24.4 Å². The summed E-state index contributed by atoms with van der Waals surface area (Å²) in [6.07, 6.45) is 1.03. The average Bonchev–Trinajstić information content (AvgIpc) is 2.45. The van der Waals surface area contributed by atoms with Gasteiger partial charge in [0.2, 0.25) is 0 Å². The smallest absolute Gasteiger partial charge is 0.182 e. The quantitative estimate of drug-likeness (QED) is 0.824. The van der Waals surface area contributed by atoms with Crippen LogP contribution in [0.2, 0.25) is 0 Å². The summed E-state index contributed by atoms with van der Waals surface area (Å²) in [5.41, 5.74) is 5.31. The van der Waals surface area contributed by atoms with Crippen LogP contribution in [0.1, 0.15) is 34.0 Å². The van der Waals surface area contributed by atoms with E-state index in [9.17, 15) is 4.79 Å². The first-order chi connectivity index (χ1) is 9.60. The molecule has 20 heavy (non-hydrogen) atoms. The number of hydrogen-bond acceptors (Lipinski definition) is 2. The van der Waals surface area contributed by atoms with E-state index in [1.807, 2.05) is 44.2 Å². The van der Waals surface area contributed by atoms with Crippen LogP contribution >= 0.6 is 0 Å². The van der Waals surface area contributed by atoms with E-state index in [0.29, 0.717) is 6.54 Å². The summed E-state index contributed by atoms with van der Waals surface area (Å²) in [6, 6.07) is 14.2. The molecular weight excluding hydrogens is 246 g/mol. The number of hydrogen-bond donors (Lipinski definition) is 1. The van der Waals surface area contributed by atoms with Crippen molar-refractivity contribution >= 4 is 11.5 Å². The van der Waals surface area contributed by atoms with E-state index in [1.165, 1.54) is 11.1 Å². The molecule has 0 aromatic heterocycles. The fraction of sp³-hybridized carbons (Fsp3) is 0.278. The van der Waals surface area contributed by atoms with Crippen molar-refractivity contribution in [1.29, 1.82) is 0 Å². The lowest BCUT2D eigenvalue weighted by Gasteiger charge is -2.09. The molecule has 104 valence electrons. The SMILES string of the molecule is CCc1ccc(NCC(=O)c2ccc(C)cc2C)cc1. The van der Waals surface area contributed by atoms with Gasteiger partial charge < -0.3 is 5.32 Å². The number of nitrogens with one attached hydrogen (secondary N) is 1. The van der Waals surface area contributed by atoms with Crippen molar-refractivity contribution in [2.45, 2.75) is 27.2 Å². The number of anilines is 1. The van der Waals surface area contributed by atoms with Crippen LogP contribution in [0.5, 0.6) is 0 Å². The average molecular weight is 267 g/mol. The molecule has 1 N–H and O–H groups in total. The lowest BCUT2D eigenvalue weighted by atomic mass is 10.0. The first-order valence-electron chi connectivity index (χ1n) is 7.03. The second-order valence-electron chi connectivity index (χ2n) is 5.15. The predicted molar refractivity (Wildman–Crippen MR) is 84.6 cm³/mol. The Morgan fingerprint density at radius 2 is 1.75 bits per heavy atom. The highest BCUT2D eigenvalue weighted by Gasteiger charge is 2.08. The maximum absolute atomic E-state index is 12.2. The number of benzene rings is 2. The van der Waals surface area contributed by atoms with E-state index in [0.717, 1.165) is 23.2 Å². The molecule has 0 amide bonds. The predicted octanol–water partition coefficient (Wildman–Crippen LogP) is 4.16. The standard InChI is InChI=1S/C18H21NO/c1-4-15-6-8-16(9-7-15)19-12-18(20)17-10-5-13(2)11-14(17)3/h5-11,19H,4,12H2,1-3H3. The maximum atomic E-state index is 12.2. The van der Waals surface area contributed by atoms with Crippen molar-refractivity contribution in [3.05, 3.63) is 64.7 Å². The van der Waals surface area contributed by atoms with Crippen LogP contribution in [0, 0.1) is 13.8 Å². The summed E-state index contributed by atoms with van der Waals surface area (Å²) in [5, 5.41) is 3.19. The second-order valence-corrected chi connectivity index (χ2v) is 5.15. The Morgan fingerprint density at radius 3 is 2.35 bits per heavy atom. The number of Topliss-reactive ketones (excluding diaryl/α,β-unsaturated/α-hetero) is 1. The van der Waals surface area contributed by atoms with E-state index in [1.54, 1.807) is 0 Å². The molecule has 2 heteroatoms. The van der Waals surface area contributed by atoms with Crippen molar-refractivity contribution in [3.63, 3.8) is 0 Å². The molecule has 0 fully saturated rings. The number of aryl methyl sites for hydroxylation is 3. The molecule has 2 aromatic rings. The highest BCUT2D eigenvalue weighted by Crippen LogP contribution is 2.13. The third kappa shape index (κ3) is 3.47. The Bertz CT molecular complexity index is 599. The molecule has 0 saturated carbocycles. The van der Waals surface area contributed by atoms with Gasteiger partial charge in [-0.15, -0.1) is 0 Å². The summed E-state index contributed by atoms with van der Waals surface area (Å²) in [4.78, 5) is 12.2. The summed E-state index contributed by atoms with van der Waals surface area (Å²) < 4.78 is 0. The van der Waals surface area contributed by atoms with Gasteiger partial charge in [0.15, 0.2) is 5.78 Å². The third-order valence-electron chi connectivity index (χ3n) is 3.50. The third-order valence-corrected chi connectivity index (χ3v) is 3.50. The van der Waals surface area contributed by atoms with Gasteiger partial charge in [-0.05, 0) is 43.5 Å². The minimum absolute atomic E-state index is 0.127. The van der Waals surface area contributed by atoms with Gasteiger partial charge in [-0.2, -0.15) is 0 Å². The van der Waals surface area contributed by atoms with Gasteiger partial charge in [0, 0.05) is 11.3 Å². The summed E-state index contributed by atoms with van der Waals surface area (Å²) >= 11 is 0. The largest absolute Gasteiger partial charge is 0.378 e. The van der Waals surface area contributed by atoms with E-state index < -0.39 is 0 Å². The molecule has 0 saturated heterocycles. The van der Waals surface area contributed by atoms with Gasteiger partial charge in [-0.25, -0.2) is 0 Å². The van der Waals surface area contributed by atoms with Crippen LogP contribution < -0.4 is 5.32 Å². The van der Waals surface area contributed by atoms with E-state index in [-0.39, 0.29) is 5.78 Å². The van der Waals surface area contributed by atoms with Gasteiger partial charge in [0.1, 0.15) is 0 Å². The molecule has 2 nitrogen and oxygen atoms in total. The van der Waals surface area contributed by atoms with Gasteiger partial charge >= 0.3 is 0 Å². The molecule has 0 aliphatic carbocycles. The first-order valence-corrected chi connectivity index (χ1v) is 7.03. The summed E-state index contributed by atoms with van der Waals surface area (Å²) in [7, 11) is 0. The minimum atomic E-state index is 0.127. The van der Waals surface area contributed by atoms with Crippen LogP contribution in [0.4, 0.5) is 5.69 Å². The molecule has 0 spiro atoms. The number of rotatable bonds is 5. The zero-order valence-electron chi connectivity index (χ0n) is 12.4. The second kappa shape index (κ2) is 6.38. The number of carbonyl (C=O) groups excluding carboxylic acids is 1. The normalized spacial score (nSPS) is 10.3. The van der Waals surface area contributed by atoms with Crippen LogP contribution in [0.15, 0.2) is 42.5 Å². The minimum Gasteiger partial charge on any atom is -0.378 e. The van der Waals surface area contributed by atoms with Crippen LogP contribution in [0.3, 0.4) is 0 Å². The number of ketones is 1. The van der Waals surface area contributed by atoms with Crippen molar-refractivity contribution in [3.8, 4) is 0 Å². The molecule has 0 heterocycles. The maximum Gasteiger partial charge on any atom is 0.182 e. The Balaban J connectivity index is 2.00. The molecule has 0 unspecified atom stereocenters. The van der Waals surface area contributed by atoms with Crippen LogP contribution in [-0.2, 0) is 6.42 Å². The molecule has 2 aromatic carbocycles. The lowest BCUT2D eigenvalue weighted by molar-refractivity contribution is 0.101. The molecule has 2 rings (SSSR count). The Kier molecular flexibility index (Phi) is 4.57. The molecule has 0 aliphatic heterocycles. The Labute approximate surface area is 120 Å². The van der Waals surface area contributed by atoms with Crippen LogP contribution in [0.25, 0.3) is 0 Å². The number of carbonyl (C=O) groups is 1. The van der Waals surface area contributed by atoms with Gasteiger partial charge in [-0.1, -0.05) is 42.8 Å². The van der Waals surface area contributed by atoms with Crippen molar-refractivity contribution < 1.29 is 4.79 Å². The Morgan fingerprint density at radius 1 is 1.05 bits per heavy atom. The highest BCUT2D eigenvalue weighted by molar-refractivity contribution is 6.00. The molecule has 0 radical (unpaired) electrons. The molecule has 0 atom stereocenters. The lowest BCUT2D eigenvalue weighted by Crippen LogP contribution is -2.15. The summed E-state index contributed by atoms with van der Waals surface area (Å²) in [6.45, 7) is 6.48.